The van der Waals surface area contributed by atoms with Crippen LogP contribution in [0.25, 0.3) is 0 Å². The molecule has 0 unspecified atom stereocenters. The smallest absolute Gasteiger partial charge is 0.230 e. The van der Waals surface area contributed by atoms with Gasteiger partial charge in [-0.15, -0.1) is 0 Å². The van der Waals surface area contributed by atoms with E-state index in [1.165, 1.54) is 5.56 Å². The number of aromatic nitrogens is 3. The van der Waals surface area contributed by atoms with Gasteiger partial charge in [-0.3, -0.25) is 4.98 Å². The van der Waals surface area contributed by atoms with E-state index in [4.69, 9.17) is 9.26 Å². The second-order valence-electron chi connectivity index (χ2n) is 5.29. The normalized spacial score (nSPS) is 29.6. The Morgan fingerprint density at radius 2 is 2.26 bits per heavy atom. The average Bonchev–Trinajstić information content (AvgIpc) is 2.90. The first-order valence-electron chi connectivity index (χ1n) is 6.73. The van der Waals surface area contributed by atoms with E-state index < -0.39 is 0 Å². The third kappa shape index (κ3) is 2.04. The van der Waals surface area contributed by atoms with E-state index in [2.05, 4.69) is 21.2 Å². The Bertz CT molecular complexity index is 563. The summed E-state index contributed by atoms with van der Waals surface area (Å²) in [7, 11) is 0. The number of ether oxygens (including phenoxy) is 1. The highest BCUT2D eigenvalue weighted by Gasteiger charge is 2.44. The molecule has 3 atom stereocenters. The SMILES string of the molecule is c1cncc([C@@H]2C[C@H]2c2nc([C@H]3CCOC3)no2)c1. The van der Waals surface area contributed by atoms with Gasteiger partial charge in [-0.2, -0.15) is 4.98 Å². The molecular formula is C14H15N3O2. The Morgan fingerprint density at radius 1 is 1.26 bits per heavy atom. The molecule has 0 N–H and O–H groups in total. The van der Waals surface area contributed by atoms with Gasteiger partial charge in [-0.25, -0.2) is 0 Å². The van der Waals surface area contributed by atoms with Crippen molar-refractivity contribution in [2.24, 2.45) is 0 Å². The van der Waals surface area contributed by atoms with Crippen LogP contribution in [-0.2, 0) is 4.74 Å². The lowest BCUT2D eigenvalue weighted by Crippen LogP contribution is -1.99. The van der Waals surface area contributed by atoms with Gasteiger partial charge in [0.25, 0.3) is 0 Å². The fourth-order valence-corrected chi connectivity index (χ4v) is 2.73. The van der Waals surface area contributed by atoms with Gasteiger partial charge in [0.05, 0.1) is 6.61 Å². The first-order valence-corrected chi connectivity index (χ1v) is 6.73. The highest BCUT2D eigenvalue weighted by atomic mass is 16.5. The molecule has 5 nitrogen and oxygen atoms in total. The molecular weight excluding hydrogens is 242 g/mol. The van der Waals surface area contributed by atoms with Crippen LogP contribution >= 0.6 is 0 Å². The van der Waals surface area contributed by atoms with E-state index in [0.29, 0.717) is 17.8 Å². The minimum atomic E-state index is 0.313. The summed E-state index contributed by atoms with van der Waals surface area (Å²) in [6.07, 6.45) is 5.79. The third-order valence-corrected chi connectivity index (χ3v) is 3.97. The van der Waals surface area contributed by atoms with Gasteiger partial charge in [-0.1, -0.05) is 11.2 Å². The molecule has 0 radical (unpaired) electrons. The zero-order valence-electron chi connectivity index (χ0n) is 10.5. The van der Waals surface area contributed by atoms with Crippen LogP contribution in [-0.4, -0.2) is 28.3 Å². The van der Waals surface area contributed by atoms with Gasteiger partial charge >= 0.3 is 0 Å². The van der Waals surface area contributed by atoms with E-state index in [0.717, 1.165) is 37.8 Å². The van der Waals surface area contributed by atoms with Gasteiger partial charge < -0.3 is 9.26 Å². The molecule has 2 aromatic rings. The van der Waals surface area contributed by atoms with Crippen LogP contribution in [0, 0.1) is 0 Å². The van der Waals surface area contributed by atoms with E-state index >= 15 is 0 Å². The summed E-state index contributed by atoms with van der Waals surface area (Å²) in [4.78, 5) is 8.71. The van der Waals surface area contributed by atoms with Gasteiger partial charge in [0.1, 0.15) is 0 Å². The van der Waals surface area contributed by atoms with Crippen LogP contribution in [0.5, 0.6) is 0 Å². The molecule has 0 spiro atoms. The monoisotopic (exact) mass is 257 g/mol. The summed E-state index contributed by atoms with van der Waals surface area (Å²) in [6.45, 7) is 1.52. The molecule has 98 valence electrons. The fraction of sp³-hybridized carbons (Fsp3) is 0.500. The fourth-order valence-electron chi connectivity index (χ4n) is 2.73. The standard InChI is InChI=1S/C14H15N3O2/c1-2-9(7-15-4-1)11-6-12(11)14-16-13(17-19-14)10-3-5-18-8-10/h1-2,4,7,10-12H,3,5-6,8H2/t10-,11-,12+/m0/s1. The van der Waals surface area contributed by atoms with Gasteiger partial charge in [-0.05, 0) is 30.4 Å². The quantitative estimate of drug-likeness (QED) is 0.843. The molecule has 1 aliphatic carbocycles. The first kappa shape index (κ1) is 11.1. The highest BCUT2D eigenvalue weighted by Crippen LogP contribution is 2.53. The minimum absolute atomic E-state index is 0.313. The summed E-state index contributed by atoms with van der Waals surface area (Å²) < 4.78 is 10.8. The zero-order valence-corrected chi connectivity index (χ0v) is 10.5. The second kappa shape index (κ2) is 4.42. The van der Waals surface area contributed by atoms with Crippen molar-refractivity contribution in [3.05, 3.63) is 41.8 Å². The molecule has 1 saturated carbocycles. The molecule has 0 aromatic carbocycles. The molecule has 0 bridgehead atoms. The number of pyridine rings is 1. The lowest BCUT2D eigenvalue weighted by Gasteiger charge is -1.98. The second-order valence-corrected chi connectivity index (χ2v) is 5.29. The van der Waals surface area contributed by atoms with Crippen molar-refractivity contribution < 1.29 is 9.26 Å². The Labute approximate surface area is 111 Å². The van der Waals surface area contributed by atoms with Crippen molar-refractivity contribution >= 4 is 0 Å². The topological polar surface area (TPSA) is 61.0 Å². The van der Waals surface area contributed by atoms with Crippen molar-refractivity contribution in [3.8, 4) is 0 Å². The van der Waals surface area contributed by atoms with Crippen LogP contribution in [0.15, 0.2) is 29.0 Å². The van der Waals surface area contributed by atoms with E-state index in [1.54, 1.807) is 6.20 Å². The lowest BCUT2D eigenvalue weighted by atomic mass is 10.1. The summed E-state index contributed by atoms with van der Waals surface area (Å²) in [5, 5.41) is 4.11. The highest BCUT2D eigenvalue weighted by molar-refractivity contribution is 5.28. The Kier molecular flexibility index (Phi) is 2.58. The van der Waals surface area contributed by atoms with Crippen LogP contribution in [0.4, 0.5) is 0 Å². The van der Waals surface area contributed by atoms with Crippen LogP contribution in [0.3, 0.4) is 0 Å². The maximum atomic E-state index is 5.42. The van der Waals surface area contributed by atoms with Gasteiger partial charge in [0, 0.05) is 30.8 Å². The van der Waals surface area contributed by atoms with Crippen molar-refractivity contribution in [3.63, 3.8) is 0 Å². The molecule has 2 aromatic heterocycles. The summed E-state index contributed by atoms with van der Waals surface area (Å²) in [5.41, 5.74) is 1.26. The Balaban J connectivity index is 1.49. The first-order chi connectivity index (χ1) is 9.42. The Morgan fingerprint density at radius 3 is 3.05 bits per heavy atom. The molecule has 3 heterocycles. The largest absolute Gasteiger partial charge is 0.381 e. The van der Waals surface area contributed by atoms with Gasteiger partial charge in [0.2, 0.25) is 5.89 Å². The van der Waals surface area contributed by atoms with Crippen LogP contribution in [0.2, 0.25) is 0 Å². The van der Waals surface area contributed by atoms with Crippen molar-refractivity contribution in [1.29, 1.82) is 0 Å². The van der Waals surface area contributed by atoms with Crippen LogP contribution in [0.1, 0.15) is 47.9 Å². The molecule has 2 aliphatic rings. The predicted molar refractivity (Wildman–Crippen MR) is 66.8 cm³/mol. The van der Waals surface area contributed by atoms with Crippen molar-refractivity contribution in [1.82, 2.24) is 15.1 Å². The number of rotatable bonds is 3. The van der Waals surface area contributed by atoms with E-state index in [9.17, 15) is 0 Å². The molecule has 0 amide bonds. The number of hydrogen-bond donors (Lipinski definition) is 0. The van der Waals surface area contributed by atoms with E-state index in [1.807, 2.05) is 12.3 Å². The molecule has 1 saturated heterocycles. The minimum Gasteiger partial charge on any atom is -0.381 e. The third-order valence-electron chi connectivity index (χ3n) is 3.97. The number of nitrogens with zero attached hydrogens (tertiary/aromatic N) is 3. The predicted octanol–water partition coefficient (Wildman–Crippen LogP) is 2.24. The van der Waals surface area contributed by atoms with Crippen LogP contribution < -0.4 is 0 Å². The van der Waals surface area contributed by atoms with Gasteiger partial charge in [0.15, 0.2) is 5.82 Å². The Hall–Kier alpha value is -1.75. The molecule has 1 aliphatic heterocycles. The van der Waals surface area contributed by atoms with Crippen molar-refractivity contribution in [2.75, 3.05) is 13.2 Å². The molecule has 19 heavy (non-hydrogen) atoms. The van der Waals surface area contributed by atoms with Crippen molar-refractivity contribution in [2.45, 2.75) is 30.6 Å². The maximum Gasteiger partial charge on any atom is 0.230 e. The molecule has 5 heteroatoms. The van der Waals surface area contributed by atoms with E-state index in [-0.39, 0.29) is 0 Å². The summed E-state index contributed by atoms with van der Waals surface area (Å²) in [6, 6.07) is 4.08. The summed E-state index contributed by atoms with van der Waals surface area (Å²) >= 11 is 0. The lowest BCUT2D eigenvalue weighted by molar-refractivity contribution is 0.192. The molecule has 4 rings (SSSR count). The average molecular weight is 257 g/mol. The summed E-state index contributed by atoms with van der Waals surface area (Å²) in [5.74, 6) is 2.75. The zero-order chi connectivity index (χ0) is 12.7. The maximum absolute atomic E-state index is 5.42. The number of hydrogen-bond acceptors (Lipinski definition) is 5. The molecule has 2 fully saturated rings.